The summed E-state index contributed by atoms with van der Waals surface area (Å²) in [5, 5.41) is 2.78. The average molecular weight is 460 g/mol. The Kier molecular flexibility index (Phi) is 8.98. The first kappa shape index (κ1) is 25.5. The summed E-state index contributed by atoms with van der Waals surface area (Å²) in [5.41, 5.74) is 2.90. The lowest BCUT2D eigenvalue weighted by molar-refractivity contribution is -0.141. The van der Waals surface area contributed by atoms with Gasteiger partial charge in [0.05, 0.1) is 11.4 Å². The molecule has 8 heteroatoms. The summed E-state index contributed by atoms with van der Waals surface area (Å²) in [7, 11) is -2.46. The predicted molar refractivity (Wildman–Crippen MR) is 125 cm³/mol. The van der Waals surface area contributed by atoms with Crippen molar-refractivity contribution in [1.82, 2.24) is 14.5 Å². The summed E-state index contributed by atoms with van der Waals surface area (Å²) in [4.78, 5) is 27.6. The number of hydrogen-bond donors (Lipinski definition) is 1. The molecule has 0 aromatic heterocycles. The van der Waals surface area contributed by atoms with E-state index < -0.39 is 22.0 Å². The molecule has 7 nitrogen and oxygen atoms in total. The third-order valence-electron chi connectivity index (χ3n) is 5.30. The Morgan fingerprint density at radius 3 is 1.97 bits per heavy atom. The van der Waals surface area contributed by atoms with E-state index in [4.69, 9.17) is 0 Å². The molecule has 174 valence electrons. The maximum Gasteiger partial charge on any atom is 0.243 e. The fraction of sp³-hybridized carbons (Fsp3) is 0.417. The zero-order chi connectivity index (χ0) is 23.9. The molecular formula is C24H33N3O4S. The minimum absolute atomic E-state index is 0.124. The van der Waals surface area contributed by atoms with Crippen molar-refractivity contribution in [3.63, 3.8) is 0 Å². The third kappa shape index (κ3) is 6.40. The van der Waals surface area contributed by atoms with E-state index in [1.54, 1.807) is 12.1 Å². The molecule has 0 aliphatic carbocycles. The van der Waals surface area contributed by atoms with Crippen LogP contribution < -0.4 is 5.32 Å². The molecule has 32 heavy (non-hydrogen) atoms. The smallest absolute Gasteiger partial charge is 0.243 e. The van der Waals surface area contributed by atoms with Crippen molar-refractivity contribution in [3.05, 3.63) is 65.2 Å². The number of benzene rings is 2. The molecule has 0 radical (unpaired) electrons. The number of nitrogens with zero attached hydrogens (tertiary/aromatic N) is 2. The van der Waals surface area contributed by atoms with Gasteiger partial charge in [0.15, 0.2) is 0 Å². The molecule has 0 saturated carbocycles. The molecule has 0 fully saturated rings. The number of aryl methyl sites for hydroxylation is 2. The van der Waals surface area contributed by atoms with E-state index in [-0.39, 0.29) is 23.9 Å². The Morgan fingerprint density at radius 1 is 0.938 bits per heavy atom. The van der Waals surface area contributed by atoms with E-state index in [1.165, 1.54) is 24.1 Å². The summed E-state index contributed by atoms with van der Waals surface area (Å²) in [6.45, 7) is 7.80. The summed E-state index contributed by atoms with van der Waals surface area (Å²) < 4.78 is 26.9. The fourth-order valence-electron chi connectivity index (χ4n) is 3.36. The molecule has 0 heterocycles. The predicted octanol–water partition coefficient (Wildman–Crippen LogP) is 2.87. The van der Waals surface area contributed by atoms with Crippen LogP contribution in [0.1, 0.15) is 37.0 Å². The fourth-order valence-corrected chi connectivity index (χ4v) is 4.48. The third-order valence-corrected chi connectivity index (χ3v) is 7.12. The molecule has 0 unspecified atom stereocenters. The average Bonchev–Trinajstić information content (AvgIpc) is 2.75. The molecule has 0 aliphatic rings. The SMILES string of the molecule is CCNC(=O)[C@@H](CC)N(Cc1ccc(C)cc1)C(=O)CN(C)S(=O)(=O)c1ccc(C)cc1. The number of sulfonamides is 1. The standard InChI is InChI=1S/C24H33N3O4S/c1-6-22(24(29)25-7-2)27(16-20-12-8-18(3)9-13-20)23(28)17-26(5)32(30,31)21-14-10-19(4)11-15-21/h8-15,22H,6-7,16-17H2,1-5H3,(H,25,29)/t22-/m1/s1. The zero-order valence-corrected chi connectivity index (χ0v) is 20.3. The van der Waals surface area contributed by atoms with Crippen molar-refractivity contribution < 1.29 is 18.0 Å². The first-order valence-corrected chi connectivity index (χ1v) is 12.2. The summed E-state index contributed by atoms with van der Waals surface area (Å²) in [6, 6.07) is 13.5. The number of carbonyl (C=O) groups is 2. The van der Waals surface area contributed by atoms with Gasteiger partial charge in [-0.3, -0.25) is 9.59 Å². The number of hydrogen-bond acceptors (Lipinski definition) is 4. The zero-order valence-electron chi connectivity index (χ0n) is 19.5. The summed E-state index contributed by atoms with van der Waals surface area (Å²) >= 11 is 0. The van der Waals surface area contributed by atoms with Gasteiger partial charge in [-0.15, -0.1) is 0 Å². The van der Waals surface area contributed by atoms with Gasteiger partial charge in [-0.05, 0) is 44.9 Å². The number of amides is 2. The van der Waals surface area contributed by atoms with Crippen molar-refractivity contribution in [2.24, 2.45) is 0 Å². The van der Waals surface area contributed by atoms with E-state index in [0.29, 0.717) is 13.0 Å². The highest BCUT2D eigenvalue weighted by atomic mass is 32.2. The minimum Gasteiger partial charge on any atom is -0.355 e. The summed E-state index contributed by atoms with van der Waals surface area (Å²) in [5.74, 6) is -0.679. The molecule has 0 spiro atoms. The van der Waals surface area contributed by atoms with Crippen molar-refractivity contribution in [2.45, 2.75) is 51.6 Å². The van der Waals surface area contributed by atoms with Gasteiger partial charge in [0, 0.05) is 20.1 Å². The van der Waals surface area contributed by atoms with Gasteiger partial charge in [-0.1, -0.05) is 54.4 Å². The Hall–Kier alpha value is -2.71. The van der Waals surface area contributed by atoms with E-state index in [1.807, 2.05) is 52.0 Å². The number of nitrogens with one attached hydrogen (secondary N) is 1. The van der Waals surface area contributed by atoms with Crippen LogP contribution in [0.4, 0.5) is 0 Å². The van der Waals surface area contributed by atoms with Gasteiger partial charge in [-0.25, -0.2) is 8.42 Å². The summed E-state index contributed by atoms with van der Waals surface area (Å²) in [6.07, 6.45) is 0.415. The molecular weight excluding hydrogens is 426 g/mol. The highest BCUT2D eigenvalue weighted by Crippen LogP contribution is 2.17. The maximum absolute atomic E-state index is 13.3. The van der Waals surface area contributed by atoms with Gasteiger partial charge in [-0.2, -0.15) is 4.31 Å². The lowest BCUT2D eigenvalue weighted by atomic mass is 10.1. The second-order valence-corrected chi connectivity index (χ2v) is 9.94. The topological polar surface area (TPSA) is 86.8 Å². The first-order valence-electron chi connectivity index (χ1n) is 10.8. The number of carbonyl (C=O) groups excluding carboxylic acids is 2. The Bertz CT molecular complexity index is 1020. The lowest BCUT2D eigenvalue weighted by Gasteiger charge is -2.32. The molecule has 0 aliphatic heterocycles. The Labute approximate surface area is 191 Å². The van der Waals surface area contributed by atoms with Crippen molar-refractivity contribution in [1.29, 1.82) is 0 Å². The van der Waals surface area contributed by atoms with Crippen molar-refractivity contribution >= 4 is 21.8 Å². The second kappa shape index (κ2) is 11.2. The molecule has 0 bridgehead atoms. The molecule has 1 N–H and O–H groups in total. The number of likely N-dealkylation sites (N-methyl/N-ethyl adjacent to an activating group) is 2. The van der Waals surface area contributed by atoms with Gasteiger partial charge in [0.1, 0.15) is 6.04 Å². The number of rotatable bonds is 10. The normalized spacial score (nSPS) is 12.4. The van der Waals surface area contributed by atoms with Crippen LogP contribution in [-0.4, -0.2) is 55.6 Å². The molecule has 2 aromatic carbocycles. The molecule has 2 aromatic rings. The molecule has 2 amide bonds. The van der Waals surface area contributed by atoms with Crippen molar-refractivity contribution in [2.75, 3.05) is 20.1 Å². The van der Waals surface area contributed by atoms with E-state index in [2.05, 4.69) is 5.32 Å². The molecule has 0 saturated heterocycles. The Balaban J connectivity index is 2.30. The van der Waals surface area contributed by atoms with Crippen LogP contribution in [0, 0.1) is 13.8 Å². The molecule has 2 rings (SSSR count). The van der Waals surface area contributed by atoms with Gasteiger partial charge >= 0.3 is 0 Å². The van der Waals surface area contributed by atoms with Crippen LogP contribution in [0.15, 0.2) is 53.4 Å². The quantitative estimate of drug-likeness (QED) is 0.592. The van der Waals surface area contributed by atoms with Gasteiger partial charge < -0.3 is 10.2 Å². The van der Waals surface area contributed by atoms with Crippen LogP contribution >= 0.6 is 0 Å². The van der Waals surface area contributed by atoms with E-state index in [9.17, 15) is 18.0 Å². The van der Waals surface area contributed by atoms with E-state index >= 15 is 0 Å². The van der Waals surface area contributed by atoms with Crippen LogP contribution in [-0.2, 0) is 26.2 Å². The minimum atomic E-state index is -3.84. The van der Waals surface area contributed by atoms with Crippen LogP contribution in [0.25, 0.3) is 0 Å². The van der Waals surface area contributed by atoms with Crippen LogP contribution in [0.2, 0.25) is 0 Å². The van der Waals surface area contributed by atoms with Gasteiger partial charge in [0.25, 0.3) is 0 Å². The van der Waals surface area contributed by atoms with Crippen LogP contribution in [0.3, 0.4) is 0 Å². The second-order valence-electron chi connectivity index (χ2n) is 7.90. The monoisotopic (exact) mass is 459 g/mol. The first-order chi connectivity index (χ1) is 15.1. The Morgan fingerprint density at radius 2 is 1.47 bits per heavy atom. The van der Waals surface area contributed by atoms with Gasteiger partial charge in [0.2, 0.25) is 21.8 Å². The van der Waals surface area contributed by atoms with Crippen LogP contribution in [0.5, 0.6) is 0 Å². The lowest BCUT2D eigenvalue weighted by Crippen LogP contribution is -2.51. The van der Waals surface area contributed by atoms with Crippen molar-refractivity contribution in [3.8, 4) is 0 Å². The van der Waals surface area contributed by atoms with E-state index in [0.717, 1.165) is 21.0 Å². The highest BCUT2D eigenvalue weighted by molar-refractivity contribution is 7.89. The highest BCUT2D eigenvalue weighted by Gasteiger charge is 2.31. The molecule has 1 atom stereocenters. The largest absolute Gasteiger partial charge is 0.355 e. The maximum atomic E-state index is 13.3.